The van der Waals surface area contributed by atoms with Gasteiger partial charge in [-0.05, 0) is 30.0 Å². The summed E-state index contributed by atoms with van der Waals surface area (Å²) in [6.07, 6.45) is 0.854. The van der Waals surface area contributed by atoms with Crippen molar-refractivity contribution < 1.29 is 5.11 Å². The molecular formula is C19H20N2O. The van der Waals surface area contributed by atoms with E-state index in [1.54, 1.807) is 0 Å². The van der Waals surface area contributed by atoms with Gasteiger partial charge in [-0.1, -0.05) is 62.4 Å². The molecule has 0 saturated carbocycles. The third-order valence-electron chi connectivity index (χ3n) is 3.63. The minimum Gasteiger partial charge on any atom is -0.492 e. The van der Waals surface area contributed by atoms with Crippen molar-refractivity contribution in [2.45, 2.75) is 20.3 Å². The van der Waals surface area contributed by atoms with Gasteiger partial charge in [-0.15, -0.1) is 5.10 Å². The van der Waals surface area contributed by atoms with Crippen molar-refractivity contribution in [1.29, 1.82) is 0 Å². The maximum Gasteiger partial charge on any atom is 0.239 e. The zero-order chi connectivity index (χ0) is 15.5. The SMILES string of the molecule is CC(C)Cc1c(-c2ccccc2)c(O)nn1-c1ccccc1. The molecule has 0 aliphatic heterocycles. The quantitative estimate of drug-likeness (QED) is 0.771. The van der Waals surface area contributed by atoms with Crippen LogP contribution in [0, 0.1) is 5.92 Å². The predicted molar refractivity (Wildman–Crippen MR) is 89.2 cm³/mol. The second-order valence-corrected chi connectivity index (χ2v) is 5.86. The van der Waals surface area contributed by atoms with Gasteiger partial charge in [-0.3, -0.25) is 0 Å². The van der Waals surface area contributed by atoms with E-state index in [2.05, 4.69) is 18.9 Å². The van der Waals surface area contributed by atoms with Crippen LogP contribution in [0.5, 0.6) is 5.88 Å². The molecular weight excluding hydrogens is 272 g/mol. The number of para-hydroxylation sites is 1. The summed E-state index contributed by atoms with van der Waals surface area (Å²) in [4.78, 5) is 0. The molecule has 112 valence electrons. The highest BCUT2D eigenvalue weighted by Crippen LogP contribution is 2.34. The number of aromatic hydroxyl groups is 1. The Morgan fingerprint density at radius 3 is 2.14 bits per heavy atom. The normalized spacial score (nSPS) is 11.0. The van der Waals surface area contributed by atoms with E-state index in [-0.39, 0.29) is 5.88 Å². The molecule has 0 aliphatic rings. The van der Waals surface area contributed by atoms with Gasteiger partial charge in [-0.2, -0.15) is 0 Å². The topological polar surface area (TPSA) is 38.1 Å². The number of benzene rings is 2. The van der Waals surface area contributed by atoms with E-state index in [0.717, 1.165) is 28.9 Å². The van der Waals surface area contributed by atoms with Crippen molar-refractivity contribution in [3.63, 3.8) is 0 Å². The van der Waals surface area contributed by atoms with E-state index < -0.39 is 0 Å². The zero-order valence-corrected chi connectivity index (χ0v) is 12.9. The van der Waals surface area contributed by atoms with Crippen LogP contribution in [0.2, 0.25) is 0 Å². The standard InChI is InChI=1S/C19H20N2O/c1-14(2)13-17-18(15-9-5-3-6-10-15)19(22)20-21(17)16-11-7-4-8-12-16/h3-12,14H,13H2,1-2H3,(H,20,22). The fraction of sp³-hybridized carbons (Fsp3) is 0.211. The van der Waals surface area contributed by atoms with Crippen LogP contribution >= 0.6 is 0 Å². The van der Waals surface area contributed by atoms with Crippen LogP contribution < -0.4 is 0 Å². The lowest BCUT2D eigenvalue weighted by Gasteiger charge is -2.11. The molecule has 3 heteroatoms. The Bertz CT molecular complexity index is 746. The first-order chi connectivity index (χ1) is 10.7. The highest BCUT2D eigenvalue weighted by atomic mass is 16.3. The van der Waals surface area contributed by atoms with Crippen molar-refractivity contribution >= 4 is 0 Å². The first kappa shape index (κ1) is 14.4. The Balaban J connectivity index is 2.20. The lowest BCUT2D eigenvalue weighted by atomic mass is 9.99. The van der Waals surface area contributed by atoms with Crippen LogP contribution in [0.3, 0.4) is 0 Å². The Kier molecular flexibility index (Phi) is 3.96. The van der Waals surface area contributed by atoms with E-state index in [1.807, 2.05) is 65.3 Å². The van der Waals surface area contributed by atoms with Crippen LogP contribution in [-0.2, 0) is 6.42 Å². The summed E-state index contributed by atoms with van der Waals surface area (Å²) < 4.78 is 1.86. The number of rotatable bonds is 4. The molecule has 22 heavy (non-hydrogen) atoms. The molecule has 0 bridgehead atoms. The Hall–Kier alpha value is -2.55. The molecule has 1 N–H and O–H groups in total. The number of hydrogen-bond acceptors (Lipinski definition) is 2. The van der Waals surface area contributed by atoms with Crippen molar-refractivity contribution in [2.24, 2.45) is 5.92 Å². The van der Waals surface area contributed by atoms with E-state index in [0.29, 0.717) is 5.92 Å². The van der Waals surface area contributed by atoms with E-state index in [1.165, 1.54) is 0 Å². The summed E-state index contributed by atoms with van der Waals surface area (Å²) in [5.41, 5.74) is 3.84. The van der Waals surface area contributed by atoms with Gasteiger partial charge in [0.1, 0.15) is 0 Å². The summed E-state index contributed by atoms with van der Waals surface area (Å²) >= 11 is 0. The molecule has 0 fully saturated rings. The summed E-state index contributed by atoms with van der Waals surface area (Å²) in [5.74, 6) is 0.562. The lowest BCUT2D eigenvalue weighted by Crippen LogP contribution is -2.06. The van der Waals surface area contributed by atoms with Gasteiger partial charge in [0.2, 0.25) is 5.88 Å². The highest BCUT2D eigenvalue weighted by Gasteiger charge is 2.20. The first-order valence-corrected chi connectivity index (χ1v) is 7.58. The molecule has 0 atom stereocenters. The second-order valence-electron chi connectivity index (χ2n) is 5.86. The molecule has 0 saturated heterocycles. The van der Waals surface area contributed by atoms with Crippen molar-refractivity contribution in [1.82, 2.24) is 9.78 Å². The third-order valence-corrected chi connectivity index (χ3v) is 3.63. The van der Waals surface area contributed by atoms with Gasteiger partial charge in [0.15, 0.2) is 0 Å². The Labute approximate surface area is 130 Å². The largest absolute Gasteiger partial charge is 0.492 e. The van der Waals surface area contributed by atoms with Crippen LogP contribution in [0.15, 0.2) is 60.7 Å². The third kappa shape index (κ3) is 2.75. The number of hydrogen-bond donors (Lipinski definition) is 1. The highest BCUT2D eigenvalue weighted by molar-refractivity contribution is 5.72. The minimum atomic E-state index is 0.0886. The van der Waals surface area contributed by atoms with Crippen molar-refractivity contribution in [2.75, 3.05) is 0 Å². The molecule has 0 aliphatic carbocycles. The smallest absolute Gasteiger partial charge is 0.239 e. The van der Waals surface area contributed by atoms with Gasteiger partial charge in [0, 0.05) is 0 Å². The lowest BCUT2D eigenvalue weighted by molar-refractivity contribution is 0.449. The van der Waals surface area contributed by atoms with Crippen molar-refractivity contribution in [3.05, 3.63) is 66.4 Å². The van der Waals surface area contributed by atoms with Gasteiger partial charge in [0.25, 0.3) is 0 Å². The molecule has 0 spiro atoms. The molecule has 3 rings (SSSR count). The van der Waals surface area contributed by atoms with E-state index in [4.69, 9.17) is 0 Å². The van der Waals surface area contributed by atoms with Crippen molar-refractivity contribution in [3.8, 4) is 22.7 Å². The molecule has 3 aromatic rings. The van der Waals surface area contributed by atoms with Crippen LogP contribution in [0.4, 0.5) is 0 Å². The van der Waals surface area contributed by atoms with Gasteiger partial charge in [-0.25, -0.2) is 4.68 Å². The average molecular weight is 292 g/mol. The molecule has 2 aromatic carbocycles. The van der Waals surface area contributed by atoms with Gasteiger partial charge in [0.05, 0.1) is 16.9 Å². The van der Waals surface area contributed by atoms with Crippen LogP contribution in [-0.4, -0.2) is 14.9 Å². The maximum atomic E-state index is 10.4. The van der Waals surface area contributed by atoms with E-state index >= 15 is 0 Å². The molecule has 0 unspecified atom stereocenters. The zero-order valence-electron chi connectivity index (χ0n) is 12.9. The molecule has 1 heterocycles. The average Bonchev–Trinajstić information content (AvgIpc) is 2.85. The predicted octanol–water partition coefficient (Wildman–Crippen LogP) is 4.44. The van der Waals surface area contributed by atoms with Crippen LogP contribution in [0.25, 0.3) is 16.8 Å². The summed E-state index contributed by atoms with van der Waals surface area (Å²) in [6.45, 7) is 4.35. The Morgan fingerprint density at radius 1 is 0.955 bits per heavy atom. The van der Waals surface area contributed by atoms with E-state index in [9.17, 15) is 5.11 Å². The maximum absolute atomic E-state index is 10.4. The number of aromatic nitrogens is 2. The molecule has 0 amide bonds. The van der Waals surface area contributed by atoms with Crippen LogP contribution in [0.1, 0.15) is 19.5 Å². The first-order valence-electron chi connectivity index (χ1n) is 7.58. The summed E-state index contributed by atoms with van der Waals surface area (Å²) in [7, 11) is 0. The molecule has 0 radical (unpaired) electrons. The molecule has 3 nitrogen and oxygen atoms in total. The van der Waals surface area contributed by atoms with Gasteiger partial charge >= 0.3 is 0 Å². The molecule has 1 aromatic heterocycles. The monoisotopic (exact) mass is 292 g/mol. The summed E-state index contributed by atoms with van der Waals surface area (Å²) in [6, 6.07) is 19.9. The fourth-order valence-corrected chi connectivity index (χ4v) is 2.70. The second kappa shape index (κ2) is 6.06. The number of nitrogens with zero attached hydrogens (tertiary/aromatic N) is 2. The summed E-state index contributed by atoms with van der Waals surface area (Å²) in [5, 5.41) is 14.8. The minimum absolute atomic E-state index is 0.0886. The van der Waals surface area contributed by atoms with Gasteiger partial charge < -0.3 is 5.11 Å². The fourth-order valence-electron chi connectivity index (χ4n) is 2.70. The Morgan fingerprint density at radius 2 is 1.55 bits per heavy atom.